The second kappa shape index (κ2) is 11.2. The van der Waals surface area contributed by atoms with E-state index in [1.54, 1.807) is 6.20 Å². The third-order valence-electron chi connectivity index (χ3n) is 6.76. The summed E-state index contributed by atoms with van der Waals surface area (Å²) in [5, 5.41) is 12.2. The lowest BCUT2D eigenvalue weighted by molar-refractivity contribution is 0.0889. The molecule has 1 aliphatic heterocycles. The van der Waals surface area contributed by atoms with Crippen molar-refractivity contribution in [1.82, 2.24) is 15.1 Å². The van der Waals surface area contributed by atoms with Gasteiger partial charge in [-0.2, -0.15) is 13.5 Å². The Morgan fingerprint density at radius 3 is 2.24 bits per heavy atom. The highest BCUT2D eigenvalue weighted by Gasteiger charge is 2.38. The second-order valence-corrected chi connectivity index (χ2v) is 11.0. The predicted octanol–water partition coefficient (Wildman–Crippen LogP) is 5.62. The van der Waals surface area contributed by atoms with Gasteiger partial charge in [0.1, 0.15) is 11.4 Å². The molecule has 200 valence electrons. The van der Waals surface area contributed by atoms with Crippen molar-refractivity contribution >= 4 is 33.7 Å². The number of nitrogens with one attached hydrogen (secondary N) is 2. The maximum Gasteiger partial charge on any atom is 0.394 e. The lowest BCUT2D eigenvalue weighted by Gasteiger charge is -2.38. The molecule has 1 atom stereocenters. The fourth-order valence-electron chi connectivity index (χ4n) is 4.76. The first kappa shape index (κ1) is 28.6. The van der Waals surface area contributed by atoms with Gasteiger partial charge in [0.05, 0.1) is 23.3 Å². The van der Waals surface area contributed by atoms with E-state index in [0.29, 0.717) is 10.6 Å². The molecule has 37 heavy (non-hydrogen) atoms. The van der Waals surface area contributed by atoms with Gasteiger partial charge in [0.15, 0.2) is 0 Å². The van der Waals surface area contributed by atoms with Gasteiger partial charge in [-0.1, -0.05) is 67.9 Å². The number of benzene rings is 2. The first-order valence-electron chi connectivity index (χ1n) is 12.0. The number of amides is 1. The van der Waals surface area contributed by atoms with Crippen LogP contribution in [0, 0.1) is 0 Å². The third kappa shape index (κ3) is 6.89. The average molecular weight is 549 g/mol. The molecule has 3 aromatic rings. The summed E-state index contributed by atoms with van der Waals surface area (Å²) in [7, 11) is -4.67. The summed E-state index contributed by atoms with van der Waals surface area (Å²) in [6, 6.07) is 18.2. The van der Waals surface area contributed by atoms with Crippen LogP contribution in [0.1, 0.15) is 74.5 Å². The van der Waals surface area contributed by atoms with Crippen LogP contribution in [-0.2, 0) is 21.5 Å². The molecular formula is C26H33ClN4O5S. The monoisotopic (exact) mass is 548 g/mol. The number of aromatic nitrogens is 2. The standard InChI is InChI=1S/C26H31ClN4O.H2O4S/c1-5-26(6-2,19-12-14-20(27)15-13-19)30-24(32)21-17-28-31-23(21)29-22(16-25(31,3)4)18-10-8-7-9-11-18;1-5(2,3)4/h7-15,17,22,29H,5-6,16H2,1-4H3,(H,30,32);(H2,1,2,3,4). The Balaban J connectivity index is 0.000000695. The molecule has 1 unspecified atom stereocenters. The first-order chi connectivity index (χ1) is 17.3. The smallest absolute Gasteiger partial charge is 0.363 e. The van der Waals surface area contributed by atoms with Crippen LogP contribution in [0.15, 0.2) is 60.8 Å². The van der Waals surface area contributed by atoms with E-state index >= 15 is 0 Å². The minimum atomic E-state index is -4.67. The Labute approximate surface area is 222 Å². The number of hydrogen-bond acceptors (Lipinski definition) is 5. The van der Waals surface area contributed by atoms with Crippen molar-refractivity contribution in [2.45, 2.75) is 64.1 Å². The van der Waals surface area contributed by atoms with Gasteiger partial charge >= 0.3 is 10.4 Å². The molecule has 1 amide bonds. The maximum absolute atomic E-state index is 13.6. The fourth-order valence-corrected chi connectivity index (χ4v) is 4.89. The number of anilines is 1. The summed E-state index contributed by atoms with van der Waals surface area (Å²) in [4.78, 5) is 13.6. The van der Waals surface area contributed by atoms with E-state index in [2.05, 4.69) is 55.6 Å². The molecule has 0 fully saturated rings. The highest BCUT2D eigenvalue weighted by Crippen LogP contribution is 2.40. The molecule has 11 heteroatoms. The molecule has 1 aliphatic rings. The Hall–Kier alpha value is -2.92. The average Bonchev–Trinajstić information content (AvgIpc) is 3.28. The van der Waals surface area contributed by atoms with Gasteiger partial charge in [0.2, 0.25) is 0 Å². The van der Waals surface area contributed by atoms with Crippen LogP contribution in [0.2, 0.25) is 5.02 Å². The molecule has 4 N–H and O–H groups in total. The summed E-state index contributed by atoms with van der Waals surface area (Å²) < 4.78 is 33.5. The van der Waals surface area contributed by atoms with E-state index < -0.39 is 15.9 Å². The molecule has 1 aromatic heterocycles. The normalized spacial score (nSPS) is 16.6. The van der Waals surface area contributed by atoms with E-state index in [9.17, 15) is 4.79 Å². The zero-order valence-corrected chi connectivity index (χ0v) is 22.8. The zero-order valence-electron chi connectivity index (χ0n) is 21.3. The summed E-state index contributed by atoms with van der Waals surface area (Å²) in [5.41, 5.74) is 2.13. The van der Waals surface area contributed by atoms with Crippen LogP contribution in [0.25, 0.3) is 0 Å². The molecule has 0 saturated heterocycles. The minimum Gasteiger partial charge on any atom is -0.363 e. The zero-order chi connectivity index (χ0) is 27.4. The van der Waals surface area contributed by atoms with E-state index in [4.69, 9.17) is 29.1 Å². The van der Waals surface area contributed by atoms with Gasteiger partial charge in [-0.05, 0) is 56.4 Å². The number of carbonyl (C=O) groups excluding carboxylic acids is 1. The third-order valence-corrected chi connectivity index (χ3v) is 7.01. The van der Waals surface area contributed by atoms with Gasteiger partial charge in [0.25, 0.3) is 5.91 Å². The van der Waals surface area contributed by atoms with Crippen LogP contribution in [0.4, 0.5) is 5.82 Å². The molecule has 4 rings (SSSR count). The Morgan fingerprint density at radius 2 is 1.70 bits per heavy atom. The topological polar surface area (TPSA) is 134 Å². The molecular weight excluding hydrogens is 516 g/mol. The predicted molar refractivity (Wildman–Crippen MR) is 144 cm³/mol. The fraction of sp³-hybridized carbons (Fsp3) is 0.385. The van der Waals surface area contributed by atoms with Crippen LogP contribution in [0.3, 0.4) is 0 Å². The van der Waals surface area contributed by atoms with Crippen molar-refractivity contribution in [2.75, 3.05) is 5.32 Å². The van der Waals surface area contributed by atoms with Gasteiger partial charge in [-0.3, -0.25) is 13.9 Å². The van der Waals surface area contributed by atoms with E-state index in [1.807, 2.05) is 47.1 Å². The van der Waals surface area contributed by atoms with Crippen LogP contribution >= 0.6 is 11.6 Å². The lowest BCUT2D eigenvalue weighted by Crippen LogP contribution is -2.45. The van der Waals surface area contributed by atoms with Crippen molar-refractivity contribution < 1.29 is 22.3 Å². The largest absolute Gasteiger partial charge is 0.394 e. The summed E-state index contributed by atoms with van der Waals surface area (Å²) in [6.07, 6.45) is 4.11. The highest BCUT2D eigenvalue weighted by atomic mass is 35.5. The number of nitrogens with zero attached hydrogens (tertiary/aromatic N) is 2. The lowest BCUT2D eigenvalue weighted by atomic mass is 9.84. The molecule has 0 spiro atoms. The second-order valence-electron chi connectivity index (χ2n) is 9.64. The number of halogens is 1. The summed E-state index contributed by atoms with van der Waals surface area (Å²) in [5.74, 6) is 0.645. The van der Waals surface area contributed by atoms with Gasteiger partial charge < -0.3 is 10.6 Å². The van der Waals surface area contributed by atoms with Gasteiger partial charge in [0, 0.05) is 5.02 Å². The van der Waals surface area contributed by atoms with Crippen molar-refractivity contribution in [2.24, 2.45) is 0 Å². The quantitative estimate of drug-likeness (QED) is 0.294. The number of fused-ring (bicyclic) bond motifs is 1. The molecule has 2 heterocycles. The van der Waals surface area contributed by atoms with Crippen LogP contribution < -0.4 is 10.6 Å². The number of carbonyl (C=O) groups is 1. The molecule has 0 radical (unpaired) electrons. The summed E-state index contributed by atoms with van der Waals surface area (Å²) >= 11 is 6.10. The number of rotatable bonds is 6. The maximum atomic E-state index is 13.6. The first-order valence-corrected chi connectivity index (χ1v) is 13.8. The Kier molecular flexibility index (Phi) is 8.69. The summed E-state index contributed by atoms with van der Waals surface area (Å²) in [6.45, 7) is 8.52. The Morgan fingerprint density at radius 1 is 1.14 bits per heavy atom. The number of hydrogen-bond donors (Lipinski definition) is 4. The van der Waals surface area contributed by atoms with Crippen LogP contribution in [-0.4, -0.2) is 33.2 Å². The van der Waals surface area contributed by atoms with E-state index in [0.717, 1.165) is 30.6 Å². The van der Waals surface area contributed by atoms with Gasteiger partial charge in [-0.15, -0.1) is 0 Å². The molecule has 9 nitrogen and oxygen atoms in total. The SMILES string of the molecule is CCC(CC)(NC(=O)c1cnn2c1NC(c1ccccc1)CC2(C)C)c1ccc(Cl)cc1.O=S(=O)(O)O. The van der Waals surface area contributed by atoms with E-state index in [-0.39, 0.29) is 17.5 Å². The minimum absolute atomic E-state index is 0.111. The molecule has 2 aromatic carbocycles. The van der Waals surface area contributed by atoms with Crippen molar-refractivity contribution in [3.05, 3.63) is 82.5 Å². The molecule has 0 aliphatic carbocycles. The molecule has 0 bridgehead atoms. The van der Waals surface area contributed by atoms with Crippen molar-refractivity contribution in [3.63, 3.8) is 0 Å². The van der Waals surface area contributed by atoms with Crippen LogP contribution in [0.5, 0.6) is 0 Å². The molecule has 0 saturated carbocycles. The Bertz CT molecular complexity index is 1310. The van der Waals surface area contributed by atoms with E-state index in [1.165, 1.54) is 5.56 Å². The van der Waals surface area contributed by atoms with Crippen molar-refractivity contribution in [1.29, 1.82) is 0 Å². The van der Waals surface area contributed by atoms with Crippen molar-refractivity contribution in [3.8, 4) is 0 Å². The highest BCUT2D eigenvalue weighted by molar-refractivity contribution is 7.79. The van der Waals surface area contributed by atoms with Gasteiger partial charge in [-0.25, -0.2) is 4.68 Å².